The van der Waals surface area contributed by atoms with Gasteiger partial charge in [-0.15, -0.1) is 0 Å². The average molecular weight is 579 g/mol. The molecule has 1 aromatic heterocycles. The van der Waals surface area contributed by atoms with Gasteiger partial charge in [0.05, 0.1) is 12.1 Å². The van der Waals surface area contributed by atoms with Gasteiger partial charge < -0.3 is 20.6 Å². The second kappa shape index (κ2) is 16.7. The Balaban J connectivity index is 1.11. The van der Waals surface area contributed by atoms with Gasteiger partial charge in [-0.2, -0.15) is 0 Å². The van der Waals surface area contributed by atoms with Crippen LogP contribution in [0, 0.1) is 5.92 Å². The van der Waals surface area contributed by atoms with E-state index in [1.165, 1.54) is 77.4 Å². The average Bonchev–Trinajstić information content (AvgIpc) is 2.96. The van der Waals surface area contributed by atoms with E-state index in [1.807, 2.05) is 42.5 Å². The molecular formula is C34H47ClN4O2. The summed E-state index contributed by atoms with van der Waals surface area (Å²) in [5, 5.41) is 17.8. The van der Waals surface area contributed by atoms with Crippen molar-refractivity contribution in [1.29, 1.82) is 0 Å². The van der Waals surface area contributed by atoms with Gasteiger partial charge in [-0.05, 0) is 99.3 Å². The van der Waals surface area contributed by atoms with Gasteiger partial charge in [-0.25, -0.2) is 0 Å². The van der Waals surface area contributed by atoms with Crippen molar-refractivity contribution in [1.82, 2.24) is 9.88 Å². The molecule has 0 atom stereocenters. The van der Waals surface area contributed by atoms with E-state index in [2.05, 4.69) is 27.4 Å². The number of anilines is 3. The number of hydrogen-bond donors (Lipinski definition) is 3. The molecule has 1 aliphatic rings. The normalized spacial score (nSPS) is 14.4. The van der Waals surface area contributed by atoms with E-state index in [0.29, 0.717) is 17.1 Å². The zero-order valence-electron chi connectivity index (χ0n) is 24.6. The lowest BCUT2D eigenvalue weighted by molar-refractivity contribution is -0.116. The molecule has 2 aromatic carbocycles. The molecule has 1 aliphatic heterocycles. The molecule has 7 heteroatoms. The molecule has 6 nitrogen and oxygen atoms in total. The van der Waals surface area contributed by atoms with Crippen LogP contribution in [-0.4, -0.2) is 40.5 Å². The number of aromatic nitrogens is 1. The molecule has 0 aliphatic carbocycles. The van der Waals surface area contributed by atoms with E-state index < -0.39 is 0 Å². The predicted molar refractivity (Wildman–Crippen MR) is 172 cm³/mol. The van der Waals surface area contributed by atoms with Gasteiger partial charge in [0.15, 0.2) is 0 Å². The molecule has 1 amide bonds. The van der Waals surface area contributed by atoms with Crippen LogP contribution in [0.25, 0.3) is 10.9 Å². The number of nitrogens with one attached hydrogen (secondary N) is 2. The molecule has 1 saturated heterocycles. The Morgan fingerprint density at radius 3 is 2.34 bits per heavy atom. The standard InChI is InChI=1S/C34H47ClN4O2/c1-26-15-19-39(20-16-26)18-10-8-6-4-2-3-5-7-9-11-34(41)38-30-22-27(25-40)21-29(24-30)37-32-14-17-36-33-23-28(35)12-13-31(32)33/h12-14,17,21-24,26,40H,2-11,15-16,18-20,25H2,1H3,(H,36,37)(H,38,41). The molecule has 3 aromatic rings. The summed E-state index contributed by atoms with van der Waals surface area (Å²) >= 11 is 6.12. The lowest BCUT2D eigenvalue weighted by atomic mass is 9.99. The number of pyridine rings is 1. The second-order valence-corrected chi connectivity index (χ2v) is 12.2. The maximum absolute atomic E-state index is 12.6. The Labute approximate surface area is 250 Å². The highest BCUT2D eigenvalue weighted by Crippen LogP contribution is 2.29. The molecule has 3 N–H and O–H groups in total. The Hall–Kier alpha value is -2.67. The number of halogens is 1. The van der Waals surface area contributed by atoms with E-state index in [-0.39, 0.29) is 12.5 Å². The number of benzene rings is 2. The van der Waals surface area contributed by atoms with E-state index in [1.54, 1.807) is 6.20 Å². The molecule has 4 rings (SSSR count). The molecule has 2 heterocycles. The summed E-state index contributed by atoms with van der Waals surface area (Å²) in [4.78, 5) is 19.7. The number of hydrogen-bond acceptors (Lipinski definition) is 5. The van der Waals surface area contributed by atoms with Gasteiger partial charge in [0, 0.05) is 40.1 Å². The predicted octanol–water partition coefficient (Wildman–Crippen LogP) is 8.70. The smallest absolute Gasteiger partial charge is 0.224 e. The van der Waals surface area contributed by atoms with Crippen molar-refractivity contribution in [2.24, 2.45) is 5.92 Å². The lowest BCUT2D eigenvalue weighted by Gasteiger charge is -2.30. The molecule has 0 saturated carbocycles. The number of rotatable bonds is 16. The minimum Gasteiger partial charge on any atom is -0.392 e. The monoisotopic (exact) mass is 578 g/mol. The summed E-state index contributed by atoms with van der Waals surface area (Å²) in [6.45, 7) is 6.15. The van der Waals surface area contributed by atoms with Crippen LogP contribution in [0.5, 0.6) is 0 Å². The van der Waals surface area contributed by atoms with Crippen molar-refractivity contribution in [3.05, 3.63) is 59.2 Å². The Morgan fingerprint density at radius 1 is 0.927 bits per heavy atom. The fourth-order valence-electron chi connectivity index (χ4n) is 5.68. The summed E-state index contributed by atoms with van der Waals surface area (Å²) in [5.74, 6) is 0.931. The number of aliphatic hydroxyl groups is 1. The largest absolute Gasteiger partial charge is 0.392 e. The first-order valence-electron chi connectivity index (χ1n) is 15.6. The third-order valence-electron chi connectivity index (χ3n) is 8.20. The highest BCUT2D eigenvalue weighted by molar-refractivity contribution is 6.31. The fourth-order valence-corrected chi connectivity index (χ4v) is 5.85. The van der Waals surface area contributed by atoms with Crippen molar-refractivity contribution >= 4 is 45.5 Å². The zero-order valence-corrected chi connectivity index (χ0v) is 25.4. The maximum atomic E-state index is 12.6. The topological polar surface area (TPSA) is 77.5 Å². The Morgan fingerprint density at radius 2 is 1.61 bits per heavy atom. The Kier molecular flexibility index (Phi) is 12.7. The number of likely N-dealkylation sites (tertiary alicyclic amines) is 1. The number of carbonyl (C=O) groups is 1. The highest BCUT2D eigenvalue weighted by Gasteiger charge is 2.14. The van der Waals surface area contributed by atoms with Crippen LogP contribution in [0.2, 0.25) is 5.02 Å². The van der Waals surface area contributed by atoms with Crippen LogP contribution in [-0.2, 0) is 11.4 Å². The van der Waals surface area contributed by atoms with Crippen molar-refractivity contribution < 1.29 is 9.90 Å². The van der Waals surface area contributed by atoms with Crippen molar-refractivity contribution in [3.63, 3.8) is 0 Å². The number of amides is 1. The van der Waals surface area contributed by atoms with Gasteiger partial charge in [-0.3, -0.25) is 9.78 Å². The van der Waals surface area contributed by atoms with Crippen LogP contribution in [0.3, 0.4) is 0 Å². The minimum absolute atomic E-state index is 0.0122. The molecular weight excluding hydrogens is 532 g/mol. The van der Waals surface area contributed by atoms with Gasteiger partial charge in [0.1, 0.15) is 0 Å². The quantitative estimate of drug-likeness (QED) is 0.148. The van der Waals surface area contributed by atoms with Crippen molar-refractivity contribution in [2.75, 3.05) is 30.3 Å². The molecule has 0 spiro atoms. The highest BCUT2D eigenvalue weighted by atomic mass is 35.5. The molecule has 222 valence electrons. The summed E-state index contributed by atoms with van der Waals surface area (Å²) < 4.78 is 0. The van der Waals surface area contributed by atoms with Crippen LogP contribution >= 0.6 is 11.6 Å². The molecule has 41 heavy (non-hydrogen) atoms. The van der Waals surface area contributed by atoms with Crippen molar-refractivity contribution in [3.8, 4) is 0 Å². The van der Waals surface area contributed by atoms with E-state index >= 15 is 0 Å². The third-order valence-corrected chi connectivity index (χ3v) is 8.43. The van der Waals surface area contributed by atoms with Crippen LogP contribution in [0.1, 0.15) is 89.5 Å². The summed E-state index contributed by atoms with van der Waals surface area (Å²) in [6.07, 6.45) is 16.1. The molecule has 0 unspecified atom stereocenters. The summed E-state index contributed by atoms with van der Waals surface area (Å²) in [5.41, 5.74) is 3.88. The van der Waals surface area contributed by atoms with E-state index in [4.69, 9.17) is 11.6 Å². The number of aliphatic hydroxyl groups excluding tert-OH is 1. The lowest BCUT2D eigenvalue weighted by Crippen LogP contribution is -2.33. The first kappa shape index (κ1) is 31.3. The fraction of sp³-hybridized carbons (Fsp3) is 0.529. The van der Waals surface area contributed by atoms with Crippen LogP contribution in [0.15, 0.2) is 48.7 Å². The van der Waals surface area contributed by atoms with Gasteiger partial charge in [0.2, 0.25) is 5.91 Å². The van der Waals surface area contributed by atoms with Gasteiger partial charge >= 0.3 is 0 Å². The second-order valence-electron chi connectivity index (χ2n) is 11.7. The summed E-state index contributed by atoms with van der Waals surface area (Å²) in [6, 6.07) is 13.1. The first-order chi connectivity index (χ1) is 20.0. The molecule has 0 bridgehead atoms. The zero-order chi connectivity index (χ0) is 28.9. The Bertz CT molecular complexity index is 1240. The first-order valence-corrected chi connectivity index (χ1v) is 16.0. The summed E-state index contributed by atoms with van der Waals surface area (Å²) in [7, 11) is 0. The van der Waals surface area contributed by atoms with Crippen molar-refractivity contribution in [2.45, 2.75) is 90.6 Å². The number of fused-ring (bicyclic) bond motifs is 1. The molecule has 0 radical (unpaired) electrons. The van der Waals surface area contributed by atoms with Crippen LogP contribution < -0.4 is 10.6 Å². The van der Waals surface area contributed by atoms with E-state index in [9.17, 15) is 9.90 Å². The minimum atomic E-state index is -0.108. The number of carbonyl (C=O) groups excluding carboxylic acids is 1. The van der Waals surface area contributed by atoms with E-state index in [0.717, 1.165) is 46.6 Å². The number of unbranched alkanes of at least 4 members (excludes halogenated alkanes) is 8. The SMILES string of the molecule is CC1CCN(CCCCCCCCCCCC(=O)Nc2cc(CO)cc(Nc3ccnc4cc(Cl)ccc34)c2)CC1. The van der Waals surface area contributed by atoms with Gasteiger partial charge in [0.25, 0.3) is 0 Å². The van der Waals surface area contributed by atoms with Gasteiger partial charge in [-0.1, -0.05) is 63.5 Å². The number of piperidine rings is 1. The third kappa shape index (κ3) is 10.6. The van der Waals surface area contributed by atoms with Crippen LogP contribution in [0.4, 0.5) is 17.1 Å². The maximum Gasteiger partial charge on any atom is 0.224 e. The molecule has 1 fully saturated rings. The number of nitrogens with zero attached hydrogens (tertiary/aromatic N) is 2.